The van der Waals surface area contributed by atoms with Crippen molar-refractivity contribution in [1.82, 2.24) is 9.80 Å². The zero-order chi connectivity index (χ0) is 26.6. The molecule has 8 nitrogen and oxygen atoms in total. The molecule has 0 saturated carbocycles. The van der Waals surface area contributed by atoms with Crippen LogP contribution in [0.1, 0.15) is 50.7 Å². The SMILES string of the molecule is COc1ccc(C(CCCN)N2C(=O)c3cccc(N4CCN(Cc5ccsc5)CC4)c3C2=O)cc1OC. The van der Waals surface area contributed by atoms with Gasteiger partial charge in [0, 0.05) is 32.7 Å². The van der Waals surface area contributed by atoms with Gasteiger partial charge in [-0.3, -0.25) is 19.4 Å². The first-order valence-electron chi connectivity index (χ1n) is 13.0. The molecule has 38 heavy (non-hydrogen) atoms. The third-order valence-electron chi connectivity index (χ3n) is 7.41. The minimum Gasteiger partial charge on any atom is -0.493 e. The number of thiophene rings is 1. The van der Waals surface area contributed by atoms with Crippen LogP contribution in [-0.2, 0) is 6.54 Å². The Morgan fingerprint density at radius 2 is 1.76 bits per heavy atom. The molecule has 1 aromatic heterocycles. The number of ether oxygens (including phenoxy) is 2. The first-order valence-corrected chi connectivity index (χ1v) is 13.9. The molecule has 2 aromatic carbocycles. The molecule has 200 valence electrons. The summed E-state index contributed by atoms with van der Waals surface area (Å²) < 4.78 is 10.9. The summed E-state index contributed by atoms with van der Waals surface area (Å²) in [5.41, 5.74) is 9.79. The summed E-state index contributed by atoms with van der Waals surface area (Å²) in [4.78, 5) is 33.8. The first-order chi connectivity index (χ1) is 18.5. The zero-order valence-electron chi connectivity index (χ0n) is 21.9. The minimum atomic E-state index is -0.457. The monoisotopic (exact) mass is 534 g/mol. The number of hydrogen-bond acceptors (Lipinski definition) is 8. The van der Waals surface area contributed by atoms with E-state index in [9.17, 15) is 9.59 Å². The molecule has 5 rings (SSSR count). The van der Waals surface area contributed by atoms with Crippen molar-refractivity contribution >= 4 is 28.8 Å². The Labute approximate surface area is 227 Å². The lowest BCUT2D eigenvalue weighted by molar-refractivity contribution is 0.0572. The number of piperazine rings is 1. The van der Waals surface area contributed by atoms with E-state index < -0.39 is 6.04 Å². The molecular formula is C29H34N4O4S. The number of anilines is 1. The van der Waals surface area contributed by atoms with E-state index in [0.717, 1.165) is 44.0 Å². The highest BCUT2D eigenvalue weighted by Crippen LogP contribution is 2.40. The molecule has 0 aliphatic carbocycles. The van der Waals surface area contributed by atoms with Crippen LogP contribution in [0.15, 0.2) is 53.2 Å². The standard InChI is InChI=1S/C29H34N4O4S/c1-36-25-9-8-21(17-26(25)37-2)23(7-4-11-30)33-28(34)22-5-3-6-24(27(22)29(33)35)32-14-12-31(13-15-32)18-20-10-16-38-19-20/h3,5-6,8-10,16-17,19,23H,4,7,11-15,18,30H2,1-2H3. The second-order valence-electron chi connectivity index (χ2n) is 9.64. The van der Waals surface area contributed by atoms with Crippen molar-refractivity contribution in [2.45, 2.75) is 25.4 Å². The normalized spacial score (nSPS) is 16.6. The highest BCUT2D eigenvalue weighted by atomic mass is 32.1. The summed E-state index contributed by atoms with van der Waals surface area (Å²) in [6.45, 7) is 4.80. The molecule has 3 aromatic rings. The van der Waals surface area contributed by atoms with Crippen LogP contribution in [0.3, 0.4) is 0 Å². The molecule has 2 aliphatic rings. The van der Waals surface area contributed by atoms with Gasteiger partial charge < -0.3 is 20.1 Å². The predicted molar refractivity (Wildman–Crippen MR) is 149 cm³/mol. The van der Waals surface area contributed by atoms with E-state index in [4.69, 9.17) is 15.2 Å². The Bertz CT molecular complexity index is 1290. The van der Waals surface area contributed by atoms with Crippen molar-refractivity contribution in [1.29, 1.82) is 0 Å². The maximum atomic E-state index is 14.0. The molecule has 0 bridgehead atoms. The molecule has 2 amide bonds. The van der Waals surface area contributed by atoms with Gasteiger partial charge in [-0.25, -0.2) is 0 Å². The number of imide groups is 1. The van der Waals surface area contributed by atoms with Gasteiger partial charge >= 0.3 is 0 Å². The van der Waals surface area contributed by atoms with Crippen LogP contribution in [0.2, 0.25) is 0 Å². The molecule has 0 spiro atoms. The maximum Gasteiger partial charge on any atom is 0.264 e. The largest absolute Gasteiger partial charge is 0.493 e. The maximum absolute atomic E-state index is 14.0. The topological polar surface area (TPSA) is 88.3 Å². The van der Waals surface area contributed by atoms with Crippen LogP contribution in [0.5, 0.6) is 11.5 Å². The van der Waals surface area contributed by atoms with Crippen molar-refractivity contribution in [2.24, 2.45) is 5.73 Å². The first kappa shape index (κ1) is 26.2. The molecule has 2 N–H and O–H groups in total. The Morgan fingerprint density at radius 3 is 2.45 bits per heavy atom. The van der Waals surface area contributed by atoms with E-state index in [0.29, 0.717) is 42.0 Å². The number of benzene rings is 2. The Hall–Kier alpha value is -3.40. The highest BCUT2D eigenvalue weighted by molar-refractivity contribution is 7.07. The molecule has 1 atom stereocenters. The number of fused-ring (bicyclic) bond motifs is 1. The summed E-state index contributed by atoms with van der Waals surface area (Å²) >= 11 is 1.72. The van der Waals surface area contributed by atoms with Gasteiger partial charge in [-0.2, -0.15) is 11.3 Å². The van der Waals surface area contributed by atoms with Gasteiger partial charge in [-0.05, 0) is 71.6 Å². The van der Waals surface area contributed by atoms with Gasteiger partial charge in [-0.15, -0.1) is 0 Å². The Morgan fingerprint density at radius 1 is 0.974 bits per heavy atom. The van der Waals surface area contributed by atoms with Crippen LogP contribution in [0.4, 0.5) is 5.69 Å². The smallest absolute Gasteiger partial charge is 0.264 e. The van der Waals surface area contributed by atoms with Gasteiger partial charge in [0.25, 0.3) is 11.8 Å². The average molecular weight is 535 g/mol. The molecule has 2 aliphatic heterocycles. The fourth-order valence-corrected chi connectivity index (χ4v) is 6.10. The lowest BCUT2D eigenvalue weighted by Crippen LogP contribution is -2.46. The number of amides is 2. The highest BCUT2D eigenvalue weighted by Gasteiger charge is 2.43. The second kappa shape index (κ2) is 11.6. The number of nitrogens with two attached hydrogens (primary N) is 1. The lowest BCUT2D eigenvalue weighted by atomic mass is 9.99. The van der Waals surface area contributed by atoms with Crippen LogP contribution in [-0.4, -0.2) is 68.6 Å². The van der Waals surface area contributed by atoms with Crippen molar-refractivity contribution in [3.8, 4) is 11.5 Å². The summed E-state index contributed by atoms with van der Waals surface area (Å²) in [6.07, 6.45) is 1.24. The van der Waals surface area contributed by atoms with Gasteiger partial charge in [0.1, 0.15) is 0 Å². The van der Waals surface area contributed by atoms with Gasteiger partial charge in [0.15, 0.2) is 11.5 Å². The number of carbonyl (C=O) groups is 2. The third-order valence-corrected chi connectivity index (χ3v) is 8.14. The lowest BCUT2D eigenvalue weighted by Gasteiger charge is -2.36. The number of methoxy groups -OCH3 is 2. The average Bonchev–Trinajstić information content (AvgIpc) is 3.55. The molecule has 3 heterocycles. The van der Waals surface area contributed by atoms with Crippen LogP contribution in [0.25, 0.3) is 0 Å². The van der Waals surface area contributed by atoms with Crippen molar-refractivity contribution in [2.75, 3.05) is 51.8 Å². The van der Waals surface area contributed by atoms with Crippen LogP contribution in [0, 0.1) is 0 Å². The fraction of sp³-hybridized carbons (Fsp3) is 0.379. The second-order valence-corrected chi connectivity index (χ2v) is 10.4. The van der Waals surface area contributed by atoms with Gasteiger partial charge in [0.05, 0.1) is 37.1 Å². The Kier molecular flexibility index (Phi) is 7.97. The van der Waals surface area contributed by atoms with E-state index in [-0.39, 0.29) is 11.8 Å². The summed E-state index contributed by atoms with van der Waals surface area (Å²) in [6, 6.07) is 12.9. The quantitative estimate of drug-likeness (QED) is 0.391. The van der Waals surface area contributed by atoms with Crippen LogP contribution >= 0.6 is 11.3 Å². The van der Waals surface area contributed by atoms with E-state index in [1.165, 1.54) is 10.5 Å². The number of rotatable bonds is 10. The van der Waals surface area contributed by atoms with E-state index in [2.05, 4.69) is 26.6 Å². The molecule has 1 fully saturated rings. The molecular weight excluding hydrogens is 500 g/mol. The molecule has 1 saturated heterocycles. The summed E-state index contributed by atoms with van der Waals surface area (Å²) in [5, 5.41) is 4.30. The minimum absolute atomic E-state index is 0.252. The number of carbonyl (C=O) groups excluding carboxylic acids is 2. The van der Waals surface area contributed by atoms with Crippen molar-refractivity contribution in [3.63, 3.8) is 0 Å². The van der Waals surface area contributed by atoms with Crippen molar-refractivity contribution in [3.05, 3.63) is 75.5 Å². The van der Waals surface area contributed by atoms with E-state index in [1.807, 2.05) is 30.3 Å². The Balaban J connectivity index is 1.41. The molecule has 0 radical (unpaired) electrons. The molecule has 1 unspecified atom stereocenters. The van der Waals surface area contributed by atoms with E-state index in [1.54, 1.807) is 31.6 Å². The zero-order valence-corrected chi connectivity index (χ0v) is 22.7. The van der Waals surface area contributed by atoms with Gasteiger partial charge in [-0.1, -0.05) is 12.1 Å². The predicted octanol–water partition coefficient (Wildman–Crippen LogP) is 4.16. The van der Waals surface area contributed by atoms with Crippen molar-refractivity contribution < 1.29 is 19.1 Å². The number of hydrogen-bond donors (Lipinski definition) is 1. The van der Waals surface area contributed by atoms with Crippen LogP contribution < -0.4 is 20.1 Å². The summed E-state index contributed by atoms with van der Waals surface area (Å²) in [5.74, 6) is 0.634. The van der Waals surface area contributed by atoms with Gasteiger partial charge in [0.2, 0.25) is 0 Å². The summed E-state index contributed by atoms with van der Waals surface area (Å²) in [7, 11) is 3.15. The number of nitrogens with zero attached hydrogens (tertiary/aromatic N) is 3. The third kappa shape index (κ3) is 5.01. The van der Waals surface area contributed by atoms with E-state index >= 15 is 0 Å². The fourth-order valence-electron chi connectivity index (χ4n) is 5.44. The molecule has 9 heteroatoms.